The van der Waals surface area contributed by atoms with E-state index < -0.39 is 0 Å². The highest BCUT2D eigenvalue weighted by Crippen LogP contribution is 2.42. The molecule has 0 amide bonds. The van der Waals surface area contributed by atoms with Gasteiger partial charge in [0.2, 0.25) is 0 Å². The van der Waals surface area contributed by atoms with E-state index in [2.05, 4.69) is 183 Å². The van der Waals surface area contributed by atoms with Crippen LogP contribution in [0.5, 0.6) is 0 Å². The summed E-state index contributed by atoms with van der Waals surface area (Å²) in [6.07, 6.45) is 3.40. The zero-order chi connectivity index (χ0) is 37.5. The fourth-order valence-corrected chi connectivity index (χ4v) is 7.88. The van der Waals surface area contributed by atoms with Crippen LogP contribution in [0.1, 0.15) is 36.6 Å². The van der Waals surface area contributed by atoms with E-state index in [0.717, 1.165) is 58.1 Å². The molecule has 5 nitrogen and oxygen atoms in total. The maximum atomic E-state index is 4.98. The van der Waals surface area contributed by atoms with Gasteiger partial charge < -0.3 is 4.57 Å². The molecule has 0 saturated carbocycles. The van der Waals surface area contributed by atoms with Crippen LogP contribution in [0.2, 0.25) is 0 Å². The van der Waals surface area contributed by atoms with Crippen LogP contribution in [0, 0.1) is 13.8 Å². The molecule has 266 valence electrons. The van der Waals surface area contributed by atoms with Crippen molar-refractivity contribution < 1.29 is 0 Å². The van der Waals surface area contributed by atoms with Crippen molar-refractivity contribution in [3.63, 3.8) is 0 Å². The molecule has 0 aliphatic rings. The molecule has 0 bridgehead atoms. The second kappa shape index (κ2) is 14.3. The standard InChI is InChI=1S/C50H41N5/c1-5-48-52-49(6-2)54-50(53-48)36-21-24-45(51-31-36)35-20-23-41(40-17-11-10-16-39(40)37-27-32(3)26-33(4)28-37)43(30-35)34-22-25-47-44(29-34)42-18-12-13-19-46(42)55(47)38-14-8-7-9-15-38/h7-31H,5-6H2,1-4H3. The molecule has 55 heavy (non-hydrogen) atoms. The summed E-state index contributed by atoms with van der Waals surface area (Å²) in [5.74, 6) is 2.27. The molecule has 0 aliphatic heterocycles. The van der Waals surface area contributed by atoms with E-state index in [4.69, 9.17) is 15.0 Å². The van der Waals surface area contributed by atoms with Crippen molar-refractivity contribution in [3.8, 4) is 61.7 Å². The minimum atomic E-state index is 0.671. The number of rotatable bonds is 8. The summed E-state index contributed by atoms with van der Waals surface area (Å²) in [6.45, 7) is 8.48. The van der Waals surface area contributed by atoms with Crippen LogP contribution in [-0.4, -0.2) is 24.5 Å². The van der Waals surface area contributed by atoms with Crippen LogP contribution >= 0.6 is 0 Å². The van der Waals surface area contributed by atoms with E-state index in [1.165, 1.54) is 55.2 Å². The third-order valence-electron chi connectivity index (χ3n) is 10.4. The quantitative estimate of drug-likeness (QED) is 0.157. The number of nitrogens with zero attached hydrogens (tertiary/aromatic N) is 5. The van der Waals surface area contributed by atoms with Crippen molar-refractivity contribution in [2.24, 2.45) is 0 Å². The lowest BCUT2D eigenvalue weighted by molar-refractivity contribution is 0.831. The van der Waals surface area contributed by atoms with Crippen LogP contribution in [0.4, 0.5) is 0 Å². The summed E-state index contributed by atoms with van der Waals surface area (Å²) in [7, 11) is 0. The first-order valence-corrected chi connectivity index (χ1v) is 19.1. The molecule has 0 atom stereocenters. The van der Waals surface area contributed by atoms with Crippen LogP contribution in [-0.2, 0) is 12.8 Å². The third-order valence-corrected chi connectivity index (χ3v) is 10.4. The number of hydrogen-bond acceptors (Lipinski definition) is 4. The van der Waals surface area contributed by atoms with Crippen LogP contribution in [0.15, 0.2) is 152 Å². The second-order valence-electron chi connectivity index (χ2n) is 14.2. The molecule has 3 heterocycles. The van der Waals surface area contributed by atoms with Crippen molar-refractivity contribution in [2.75, 3.05) is 0 Å². The zero-order valence-corrected chi connectivity index (χ0v) is 31.6. The van der Waals surface area contributed by atoms with E-state index in [-0.39, 0.29) is 0 Å². The number of para-hydroxylation sites is 2. The molecule has 0 radical (unpaired) electrons. The lowest BCUT2D eigenvalue weighted by atomic mass is 9.87. The Labute approximate surface area is 322 Å². The van der Waals surface area contributed by atoms with Gasteiger partial charge in [0.25, 0.3) is 0 Å². The summed E-state index contributed by atoms with van der Waals surface area (Å²) in [4.78, 5) is 19.0. The lowest BCUT2D eigenvalue weighted by Gasteiger charge is -2.17. The SMILES string of the molecule is CCc1nc(CC)nc(-c2ccc(-c3ccc(-c4ccccc4-c4cc(C)cc(C)c4)c(-c4ccc5c(c4)c4ccccc4n5-c4ccccc4)c3)nc2)n1. The highest BCUT2D eigenvalue weighted by atomic mass is 15.0. The maximum Gasteiger partial charge on any atom is 0.164 e. The summed E-state index contributed by atoms with van der Waals surface area (Å²) in [5, 5.41) is 2.44. The van der Waals surface area contributed by atoms with Crippen molar-refractivity contribution in [3.05, 3.63) is 175 Å². The Bertz CT molecular complexity index is 2810. The fourth-order valence-electron chi connectivity index (χ4n) is 7.88. The molecular weight excluding hydrogens is 671 g/mol. The molecule has 0 spiro atoms. The molecule has 0 unspecified atom stereocenters. The van der Waals surface area contributed by atoms with Gasteiger partial charge in [-0.15, -0.1) is 0 Å². The molecular formula is C50H41N5. The van der Waals surface area contributed by atoms with E-state index in [1.54, 1.807) is 0 Å². The Morgan fingerprint density at radius 1 is 0.455 bits per heavy atom. The van der Waals surface area contributed by atoms with Gasteiger partial charge in [0, 0.05) is 46.6 Å². The molecule has 0 N–H and O–H groups in total. The van der Waals surface area contributed by atoms with Gasteiger partial charge in [-0.3, -0.25) is 4.98 Å². The van der Waals surface area contributed by atoms with E-state index >= 15 is 0 Å². The monoisotopic (exact) mass is 711 g/mol. The Morgan fingerprint density at radius 3 is 1.82 bits per heavy atom. The first-order chi connectivity index (χ1) is 27.0. The number of pyridine rings is 1. The lowest BCUT2D eigenvalue weighted by Crippen LogP contribution is -2.04. The molecule has 5 heteroatoms. The Hall–Kier alpha value is -6.72. The molecule has 0 saturated heterocycles. The van der Waals surface area contributed by atoms with Crippen molar-refractivity contribution in [1.29, 1.82) is 0 Å². The van der Waals surface area contributed by atoms with E-state index in [1.807, 2.05) is 6.20 Å². The number of fused-ring (bicyclic) bond motifs is 3. The topological polar surface area (TPSA) is 56.5 Å². The van der Waals surface area contributed by atoms with Gasteiger partial charge >= 0.3 is 0 Å². The Kier molecular flexibility index (Phi) is 8.83. The summed E-state index contributed by atoms with van der Waals surface area (Å²) in [5.41, 5.74) is 15.9. The van der Waals surface area contributed by atoms with Gasteiger partial charge in [-0.1, -0.05) is 122 Å². The minimum Gasteiger partial charge on any atom is -0.309 e. The molecule has 9 rings (SSSR count). The normalized spacial score (nSPS) is 11.4. The zero-order valence-electron chi connectivity index (χ0n) is 31.6. The van der Waals surface area contributed by atoms with Crippen LogP contribution in [0.25, 0.3) is 83.5 Å². The average Bonchev–Trinajstić information content (AvgIpc) is 3.57. The maximum absolute atomic E-state index is 4.98. The summed E-state index contributed by atoms with van der Waals surface area (Å²) >= 11 is 0. The first-order valence-electron chi connectivity index (χ1n) is 19.1. The van der Waals surface area contributed by atoms with Crippen LogP contribution < -0.4 is 0 Å². The molecule has 3 aromatic heterocycles. The van der Waals surface area contributed by atoms with Gasteiger partial charge in [0.1, 0.15) is 11.6 Å². The molecule has 0 fully saturated rings. The Balaban J connectivity index is 1.23. The number of aryl methyl sites for hydroxylation is 4. The van der Waals surface area contributed by atoms with Gasteiger partial charge in [0.05, 0.1) is 16.7 Å². The molecule has 9 aromatic rings. The second-order valence-corrected chi connectivity index (χ2v) is 14.2. The van der Waals surface area contributed by atoms with E-state index in [9.17, 15) is 0 Å². The first kappa shape index (κ1) is 34.1. The largest absolute Gasteiger partial charge is 0.309 e. The number of benzene rings is 6. The summed E-state index contributed by atoms with van der Waals surface area (Å²) in [6, 6.07) is 52.8. The predicted molar refractivity (Wildman–Crippen MR) is 227 cm³/mol. The number of hydrogen-bond donors (Lipinski definition) is 0. The molecule has 6 aromatic carbocycles. The van der Waals surface area contributed by atoms with Gasteiger partial charge in [-0.2, -0.15) is 0 Å². The fraction of sp³-hybridized carbons (Fsp3) is 0.120. The predicted octanol–water partition coefficient (Wildman–Crippen LogP) is 12.4. The smallest absolute Gasteiger partial charge is 0.164 e. The van der Waals surface area contributed by atoms with Crippen molar-refractivity contribution >= 4 is 21.8 Å². The van der Waals surface area contributed by atoms with Crippen LogP contribution in [0.3, 0.4) is 0 Å². The highest BCUT2D eigenvalue weighted by molar-refractivity contribution is 6.11. The van der Waals surface area contributed by atoms with Gasteiger partial charge in [-0.25, -0.2) is 15.0 Å². The number of aromatic nitrogens is 5. The van der Waals surface area contributed by atoms with Crippen molar-refractivity contribution in [1.82, 2.24) is 24.5 Å². The van der Waals surface area contributed by atoms with Gasteiger partial charge in [0.15, 0.2) is 5.82 Å². The Morgan fingerprint density at radius 2 is 1.09 bits per heavy atom. The average molecular weight is 712 g/mol. The van der Waals surface area contributed by atoms with Crippen molar-refractivity contribution in [2.45, 2.75) is 40.5 Å². The summed E-state index contributed by atoms with van der Waals surface area (Å²) < 4.78 is 2.37. The van der Waals surface area contributed by atoms with Gasteiger partial charge in [-0.05, 0) is 95.8 Å². The molecule has 0 aliphatic carbocycles. The minimum absolute atomic E-state index is 0.671. The van der Waals surface area contributed by atoms with E-state index in [0.29, 0.717) is 5.82 Å². The third kappa shape index (κ3) is 6.38. The highest BCUT2D eigenvalue weighted by Gasteiger charge is 2.18.